The topological polar surface area (TPSA) is 97.6 Å². The summed E-state index contributed by atoms with van der Waals surface area (Å²) in [4.78, 5) is 10.5. The van der Waals surface area contributed by atoms with Crippen LogP contribution in [0.25, 0.3) is 11.1 Å². The average Bonchev–Trinajstić information content (AvgIpc) is 3.24. The summed E-state index contributed by atoms with van der Waals surface area (Å²) in [6.45, 7) is 1.40. The summed E-state index contributed by atoms with van der Waals surface area (Å²) in [7, 11) is -3.82. The Balaban J connectivity index is 1.25. The fraction of sp³-hybridized carbons (Fsp3) is 0.217. The van der Waals surface area contributed by atoms with Crippen LogP contribution in [-0.4, -0.2) is 37.6 Å². The second-order valence-electron chi connectivity index (χ2n) is 7.68. The van der Waals surface area contributed by atoms with Gasteiger partial charge < -0.3 is 14.1 Å². The minimum Gasteiger partial charge on any atom is -0.488 e. The molecule has 0 atom stereocenters. The lowest BCUT2D eigenvalue weighted by Gasteiger charge is -2.31. The van der Waals surface area contributed by atoms with Gasteiger partial charge in [0.15, 0.2) is 10.6 Å². The Morgan fingerprint density at radius 3 is 2.64 bits per heavy atom. The summed E-state index contributed by atoms with van der Waals surface area (Å²) in [5.74, 6) is 0.479. The summed E-state index contributed by atoms with van der Waals surface area (Å²) in [6.07, 6.45) is 2.85. The first kappa shape index (κ1) is 21.5. The van der Waals surface area contributed by atoms with E-state index in [1.165, 1.54) is 12.3 Å². The van der Waals surface area contributed by atoms with E-state index in [1.54, 1.807) is 42.5 Å². The molecule has 0 saturated carbocycles. The van der Waals surface area contributed by atoms with Gasteiger partial charge in [-0.25, -0.2) is 4.98 Å². The van der Waals surface area contributed by atoms with E-state index in [4.69, 9.17) is 20.8 Å². The molecule has 10 heteroatoms. The van der Waals surface area contributed by atoms with Gasteiger partial charge in [0, 0.05) is 37.2 Å². The molecule has 170 valence electrons. The molecule has 3 heterocycles. The Bertz CT molecular complexity index is 1370. The van der Waals surface area contributed by atoms with E-state index in [9.17, 15) is 8.42 Å². The maximum absolute atomic E-state index is 12.7. The van der Waals surface area contributed by atoms with Gasteiger partial charge in [0.05, 0.1) is 5.69 Å². The SMILES string of the molecule is O=S(=O)(Nc1ccccc1OC1CCN(c2nc3cc(Cl)ccc3o2)CC1)c1ccccn1. The van der Waals surface area contributed by atoms with Gasteiger partial charge in [-0.15, -0.1) is 0 Å². The van der Waals surface area contributed by atoms with E-state index in [0.717, 1.165) is 18.4 Å². The lowest BCUT2D eigenvalue weighted by Crippen LogP contribution is -2.38. The highest BCUT2D eigenvalue weighted by atomic mass is 35.5. The number of pyridine rings is 1. The van der Waals surface area contributed by atoms with Gasteiger partial charge >= 0.3 is 0 Å². The number of oxazole rings is 1. The van der Waals surface area contributed by atoms with Gasteiger partial charge in [-0.05, 0) is 42.5 Å². The molecule has 33 heavy (non-hydrogen) atoms. The van der Waals surface area contributed by atoms with E-state index >= 15 is 0 Å². The highest BCUT2D eigenvalue weighted by Gasteiger charge is 2.25. The van der Waals surface area contributed by atoms with Crippen LogP contribution in [0, 0.1) is 0 Å². The van der Waals surface area contributed by atoms with Gasteiger partial charge in [0.1, 0.15) is 17.4 Å². The zero-order valence-electron chi connectivity index (χ0n) is 17.5. The fourth-order valence-electron chi connectivity index (χ4n) is 3.72. The number of halogens is 1. The van der Waals surface area contributed by atoms with Crippen molar-refractivity contribution >= 4 is 44.4 Å². The molecule has 2 aromatic carbocycles. The predicted octanol–water partition coefficient (Wildman–Crippen LogP) is 4.72. The van der Waals surface area contributed by atoms with Crippen LogP contribution in [0.3, 0.4) is 0 Å². The van der Waals surface area contributed by atoms with Crippen molar-refractivity contribution in [3.05, 3.63) is 71.9 Å². The molecule has 0 spiro atoms. The first-order chi connectivity index (χ1) is 16.0. The molecule has 0 bridgehead atoms. The van der Waals surface area contributed by atoms with Crippen LogP contribution < -0.4 is 14.4 Å². The molecule has 1 N–H and O–H groups in total. The van der Waals surface area contributed by atoms with E-state index in [0.29, 0.717) is 41.1 Å². The molecule has 0 aliphatic carbocycles. The van der Waals surface area contributed by atoms with E-state index in [-0.39, 0.29) is 11.1 Å². The predicted molar refractivity (Wildman–Crippen MR) is 126 cm³/mol. The maximum Gasteiger partial charge on any atom is 0.298 e. The van der Waals surface area contributed by atoms with E-state index in [2.05, 4.69) is 19.6 Å². The number of nitrogens with one attached hydrogen (secondary N) is 1. The summed E-state index contributed by atoms with van der Waals surface area (Å²) in [6, 6.07) is 17.7. The summed E-state index contributed by atoms with van der Waals surface area (Å²) in [5.41, 5.74) is 1.80. The van der Waals surface area contributed by atoms with Crippen LogP contribution in [-0.2, 0) is 10.0 Å². The number of piperidine rings is 1. The zero-order valence-corrected chi connectivity index (χ0v) is 19.1. The molecular formula is C23H21ClN4O4S. The van der Waals surface area contributed by atoms with Gasteiger partial charge in [-0.3, -0.25) is 4.72 Å². The fourth-order valence-corrected chi connectivity index (χ4v) is 4.91. The normalized spacial score (nSPS) is 15.0. The average molecular weight is 485 g/mol. The second-order valence-corrected chi connectivity index (χ2v) is 9.75. The Hall–Kier alpha value is -3.30. The Labute approximate surface area is 196 Å². The molecule has 1 fully saturated rings. The molecule has 1 aliphatic heterocycles. The number of rotatable bonds is 6. The Kier molecular flexibility index (Phi) is 5.82. The number of anilines is 2. The van der Waals surface area contributed by atoms with Crippen molar-refractivity contribution < 1.29 is 17.6 Å². The molecular weight excluding hydrogens is 464 g/mol. The number of ether oxygens (including phenoxy) is 1. The number of aromatic nitrogens is 2. The van der Waals surface area contributed by atoms with Crippen molar-refractivity contribution in [2.45, 2.75) is 24.0 Å². The molecule has 5 rings (SSSR count). The van der Waals surface area contributed by atoms with Crippen LogP contribution in [0.2, 0.25) is 5.02 Å². The van der Waals surface area contributed by atoms with Crippen molar-refractivity contribution in [2.75, 3.05) is 22.7 Å². The standard InChI is InChI=1S/C23H21ClN4O4S/c24-16-8-9-21-19(15-16)26-23(32-21)28-13-10-17(11-14-28)31-20-6-2-1-5-18(20)27-33(29,30)22-7-3-4-12-25-22/h1-9,12,15,17,27H,10-11,13-14H2. The van der Waals surface area contributed by atoms with Crippen molar-refractivity contribution in [1.29, 1.82) is 0 Å². The van der Waals surface area contributed by atoms with E-state index < -0.39 is 10.0 Å². The van der Waals surface area contributed by atoms with Crippen LogP contribution >= 0.6 is 11.6 Å². The molecule has 1 saturated heterocycles. The minimum atomic E-state index is -3.82. The molecule has 8 nitrogen and oxygen atoms in total. The molecule has 0 unspecified atom stereocenters. The number of sulfonamides is 1. The van der Waals surface area contributed by atoms with Gasteiger partial charge in [-0.1, -0.05) is 29.8 Å². The Morgan fingerprint density at radius 1 is 1.06 bits per heavy atom. The maximum atomic E-state index is 12.7. The number of hydrogen-bond donors (Lipinski definition) is 1. The van der Waals surface area contributed by atoms with Crippen molar-refractivity contribution in [3.63, 3.8) is 0 Å². The number of benzene rings is 2. The van der Waals surface area contributed by atoms with E-state index in [1.807, 2.05) is 12.1 Å². The van der Waals surface area contributed by atoms with Crippen LogP contribution in [0.4, 0.5) is 11.7 Å². The van der Waals surface area contributed by atoms with Gasteiger partial charge in [0.25, 0.3) is 16.0 Å². The van der Waals surface area contributed by atoms with Crippen LogP contribution in [0.15, 0.2) is 76.3 Å². The monoisotopic (exact) mass is 484 g/mol. The zero-order chi connectivity index (χ0) is 22.8. The third kappa shape index (κ3) is 4.74. The van der Waals surface area contributed by atoms with Crippen molar-refractivity contribution in [3.8, 4) is 5.75 Å². The Morgan fingerprint density at radius 2 is 1.85 bits per heavy atom. The third-order valence-corrected chi connectivity index (χ3v) is 6.90. The highest BCUT2D eigenvalue weighted by molar-refractivity contribution is 7.92. The highest BCUT2D eigenvalue weighted by Crippen LogP contribution is 2.31. The van der Waals surface area contributed by atoms with Crippen LogP contribution in [0.1, 0.15) is 12.8 Å². The summed E-state index contributed by atoms with van der Waals surface area (Å²) < 4.78 is 40.0. The summed E-state index contributed by atoms with van der Waals surface area (Å²) in [5, 5.41) is 0.569. The van der Waals surface area contributed by atoms with Gasteiger partial charge in [0.2, 0.25) is 0 Å². The number of para-hydroxylation sites is 2. The second kappa shape index (κ2) is 8.92. The number of hydrogen-bond acceptors (Lipinski definition) is 7. The molecule has 2 aromatic heterocycles. The van der Waals surface area contributed by atoms with Crippen LogP contribution in [0.5, 0.6) is 5.75 Å². The molecule has 4 aromatic rings. The number of nitrogens with zero attached hydrogens (tertiary/aromatic N) is 3. The molecule has 0 amide bonds. The molecule has 1 aliphatic rings. The first-order valence-electron chi connectivity index (χ1n) is 10.5. The largest absolute Gasteiger partial charge is 0.488 e. The lowest BCUT2D eigenvalue weighted by atomic mass is 10.1. The van der Waals surface area contributed by atoms with Gasteiger partial charge in [-0.2, -0.15) is 13.4 Å². The van der Waals surface area contributed by atoms with Crippen molar-refractivity contribution in [2.24, 2.45) is 0 Å². The third-order valence-electron chi connectivity index (χ3n) is 5.39. The minimum absolute atomic E-state index is 0.0484. The quantitative estimate of drug-likeness (QED) is 0.422. The first-order valence-corrected chi connectivity index (χ1v) is 12.3. The number of fused-ring (bicyclic) bond motifs is 1. The van der Waals surface area contributed by atoms with Crippen molar-refractivity contribution in [1.82, 2.24) is 9.97 Å². The summed E-state index contributed by atoms with van der Waals surface area (Å²) >= 11 is 6.04. The smallest absolute Gasteiger partial charge is 0.298 e. The molecule has 0 radical (unpaired) electrons. The lowest BCUT2D eigenvalue weighted by molar-refractivity contribution is 0.170.